The normalized spacial score (nSPS) is 16.2. The summed E-state index contributed by atoms with van der Waals surface area (Å²) in [5.41, 5.74) is 5.84. The lowest BCUT2D eigenvalue weighted by molar-refractivity contribution is -0.132. The van der Waals surface area contributed by atoms with Gasteiger partial charge in [-0.25, -0.2) is 4.98 Å². The number of aromatic nitrogens is 1. The van der Waals surface area contributed by atoms with E-state index in [0.29, 0.717) is 34.4 Å². The van der Waals surface area contributed by atoms with Crippen LogP contribution in [0, 0.1) is 20.8 Å². The lowest BCUT2D eigenvalue weighted by atomic mass is 9.95. The molecule has 2 heterocycles. The van der Waals surface area contributed by atoms with Crippen LogP contribution < -0.4 is 14.4 Å². The Morgan fingerprint density at radius 1 is 0.907 bits per heavy atom. The Hall–Kier alpha value is -4.95. The van der Waals surface area contributed by atoms with Crippen molar-refractivity contribution >= 4 is 44.1 Å². The van der Waals surface area contributed by atoms with E-state index in [1.165, 1.54) is 23.3 Å². The predicted octanol–water partition coefficient (Wildman–Crippen LogP) is 7.44. The van der Waals surface area contributed by atoms with Crippen molar-refractivity contribution in [3.8, 4) is 11.5 Å². The number of ketones is 1. The fourth-order valence-corrected chi connectivity index (χ4v) is 6.55. The van der Waals surface area contributed by atoms with Crippen LogP contribution in [0.2, 0.25) is 0 Å². The number of carbonyl (C=O) groups excluding carboxylic acids is 2. The number of Topliss-reactive ketones (excluding diaryl/α,β-unsaturated/α-hetero) is 1. The van der Waals surface area contributed by atoms with E-state index in [0.717, 1.165) is 32.5 Å². The number of hydrogen-bond donors (Lipinski definition) is 1. The van der Waals surface area contributed by atoms with E-state index < -0.39 is 17.7 Å². The summed E-state index contributed by atoms with van der Waals surface area (Å²) in [5.74, 6) is -0.835. The van der Waals surface area contributed by atoms with Crippen molar-refractivity contribution in [1.29, 1.82) is 0 Å². The SMILES string of the molecule is COc1cc(C2/C(=C(\O)c3ccc(C)cc3)C(=O)C(=O)N2c2nc3c(C)cc(C)cc3s2)ccc1OCc1ccccc1. The highest BCUT2D eigenvalue weighted by Crippen LogP contribution is 2.46. The maximum absolute atomic E-state index is 13.7. The van der Waals surface area contributed by atoms with Crippen LogP contribution >= 0.6 is 11.3 Å². The van der Waals surface area contributed by atoms with E-state index in [4.69, 9.17) is 14.5 Å². The van der Waals surface area contributed by atoms with Gasteiger partial charge >= 0.3 is 5.91 Å². The Balaban J connectivity index is 1.49. The van der Waals surface area contributed by atoms with Gasteiger partial charge in [0.15, 0.2) is 16.6 Å². The van der Waals surface area contributed by atoms with E-state index in [9.17, 15) is 14.7 Å². The molecule has 43 heavy (non-hydrogen) atoms. The first-order valence-corrected chi connectivity index (χ1v) is 14.7. The number of fused-ring (bicyclic) bond motifs is 1. The molecule has 0 spiro atoms. The largest absolute Gasteiger partial charge is 0.507 e. The molecule has 1 aromatic heterocycles. The summed E-state index contributed by atoms with van der Waals surface area (Å²) >= 11 is 1.34. The number of aliphatic hydroxyl groups is 1. The van der Waals surface area contributed by atoms with Crippen molar-refractivity contribution in [2.24, 2.45) is 0 Å². The molecule has 1 fully saturated rings. The number of aliphatic hydroxyl groups excluding tert-OH is 1. The Morgan fingerprint density at radius 3 is 2.37 bits per heavy atom. The average Bonchev–Trinajstić information content (AvgIpc) is 3.54. The number of thiazole rings is 1. The molecule has 1 saturated heterocycles. The van der Waals surface area contributed by atoms with Crippen LogP contribution in [0.1, 0.15) is 39.4 Å². The number of methoxy groups -OCH3 is 1. The molecule has 7 nitrogen and oxygen atoms in total. The Bertz CT molecular complexity index is 1890. The van der Waals surface area contributed by atoms with Crippen molar-refractivity contribution in [3.63, 3.8) is 0 Å². The minimum absolute atomic E-state index is 0.0129. The van der Waals surface area contributed by atoms with Crippen molar-refractivity contribution in [2.45, 2.75) is 33.4 Å². The second-order valence-electron chi connectivity index (χ2n) is 10.6. The fourth-order valence-electron chi connectivity index (χ4n) is 5.38. The molecular weight excluding hydrogens is 560 g/mol. The number of aryl methyl sites for hydroxylation is 3. The van der Waals surface area contributed by atoms with E-state index >= 15 is 0 Å². The van der Waals surface area contributed by atoms with Gasteiger partial charge in [0.2, 0.25) is 0 Å². The number of hydrogen-bond acceptors (Lipinski definition) is 7. The van der Waals surface area contributed by atoms with Crippen LogP contribution in [0.3, 0.4) is 0 Å². The average molecular weight is 591 g/mol. The quantitative estimate of drug-likeness (QED) is 0.120. The number of rotatable bonds is 7. The van der Waals surface area contributed by atoms with Gasteiger partial charge in [-0.05, 0) is 61.2 Å². The minimum atomic E-state index is -0.944. The molecule has 1 amide bonds. The summed E-state index contributed by atoms with van der Waals surface area (Å²) < 4.78 is 12.7. The highest BCUT2D eigenvalue weighted by molar-refractivity contribution is 7.22. The molecule has 1 aliphatic rings. The Morgan fingerprint density at radius 2 is 1.65 bits per heavy atom. The molecule has 1 aliphatic heterocycles. The van der Waals surface area contributed by atoms with Gasteiger partial charge in [-0.2, -0.15) is 0 Å². The van der Waals surface area contributed by atoms with Gasteiger partial charge in [0.05, 0.1) is 28.9 Å². The molecule has 0 bridgehead atoms. The highest BCUT2D eigenvalue weighted by Gasteiger charge is 2.48. The number of carbonyl (C=O) groups is 2. The standard InChI is InChI=1S/C35H30N2O5S/c1-20-10-12-24(13-11-20)32(38)29-31(25-14-15-26(27(18-25)41-4)42-19-23-8-6-5-7-9-23)37(34(40)33(29)39)35-36-30-22(3)16-21(2)17-28(30)43-35/h5-18,31,38H,19H2,1-4H3/b32-29+. The van der Waals surface area contributed by atoms with Crippen molar-refractivity contribution < 1.29 is 24.2 Å². The van der Waals surface area contributed by atoms with Crippen molar-refractivity contribution in [1.82, 2.24) is 4.98 Å². The van der Waals surface area contributed by atoms with Crippen LogP contribution in [-0.2, 0) is 16.2 Å². The number of anilines is 1. The third-order valence-corrected chi connectivity index (χ3v) is 8.54. The Labute approximate surface area is 253 Å². The first-order valence-electron chi connectivity index (χ1n) is 13.9. The molecule has 0 aliphatic carbocycles. The summed E-state index contributed by atoms with van der Waals surface area (Å²) in [6.07, 6.45) is 0. The maximum atomic E-state index is 13.7. The number of amides is 1. The summed E-state index contributed by atoms with van der Waals surface area (Å²) in [4.78, 5) is 33.6. The number of benzene rings is 4. The monoisotopic (exact) mass is 590 g/mol. The van der Waals surface area contributed by atoms with Crippen LogP contribution in [0.25, 0.3) is 16.0 Å². The molecule has 1 N–H and O–H groups in total. The third kappa shape index (κ3) is 5.26. The van der Waals surface area contributed by atoms with Gasteiger partial charge < -0.3 is 14.6 Å². The van der Waals surface area contributed by atoms with E-state index in [2.05, 4.69) is 0 Å². The number of ether oxygens (including phenoxy) is 2. The molecule has 1 unspecified atom stereocenters. The first kappa shape index (κ1) is 28.2. The Kier molecular flexibility index (Phi) is 7.46. The third-order valence-electron chi connectivity index (χ3n) is 7.53. The van der Waals surface area contributed by atoms with E-state index in [1.54, 1.807) is 30.3 Å². The van der Waals surface area contributed by atoms with Crippen LogP contribution in [0.5, 0.6) is 11.5 Å². The maximum Gasteiger partial charge on any atom is 0.301 e. The highest BCUT2D eigenvalue weighted by atomic mass is 32.1. The predicted molar refractivity (Wildman–Crippen MR) is 169 cm³/mol. The van der Waals surface area contributed by atoms with Gasteiger partial charge in [0.1, 0.15) is 12.4 Å². The summed E-state index contributed by atoms with van der Waals surface area (Å²) in [6.45, 7) is 6.26. The van der Waals surface area contributed by atoms with Gasteiger partial charge in [-0.1, -0.05) is 83.6 Å². The van der Waals surface area contributed by atoms with E-state index in [1.807, 2.05) is 75.4 Å². The van der Waals surface area contributed by atoms with Gasteiger partial charge in [-0.3, -0.25) is 14.5 Å². The summed E-state index contributed by atoms with van der Waals surface area (Å²) in [5, 5.41) is 11.9. The van der Waals surface area contributed by atoms with Crippen molar-refractivity contribution in [2.75, 3.05) is 12.0 Å². The summed E-state index contributed by atoms with van der Waals surface area (Å²) in [7, 11) is 1.54. The zero-order chi connectivity index (χ0) is 30.2. The second kappa shape index (κ2) is 11.4. The van der Waals surface area contributed by atoms with Crippen molar-refractivity contribution in [3.05, 3.63) is 124 Å². The van der Waals surface area contributed by atoms with Gasteiger partial charge in [-0.15, -0.1) is 0 Å². The van der Waals surface area contributed by atoms with Gasteiger partial charge in [0.25, 0.3) is 5.78 Å². The topological polar surface area (TPSA) is 89.0 Å². The summed E-state index contributed by atoms with van der Waals surface area (Å²) in [6, 6.07) is 25.4. The molecule has 0 saturated carbocycles. The zero-order valence-corrected chi connectivity index (χ0v) is 25.1. The fraction of sp³-hybridized carbons (Fsp3) is 0.171. The molecule has 0 radical (unpaired) electrons. The smallest absolute Gasteiger partial charge is 0.301 e. The minimum Gasteiger partial charge on any atom is -0.507 e. The first-order chi connectivity index (χ1) is 20.7. The second-order valence-corrected chi connectivity index (χ2v) is 11.7. The molecule has 5 aromatic rings. The number of nitrogens with zero attached hydrogens (tertiary/aromatic N) is 2. The molecule has 6 rings (SSSR count). The molecule has 1 atom stereocenters. The van der Waals surface area contributed by atoms with Gasteiger partial charge in [0, 0.05) is 5.56 Å². The zero-order valence-electron chi connectivity index (χ0n) is 24.3. The lowest BCUT2D eigenvalue weighted by Crippen LogP contribution is -2.29. The van der Waals surface area contributed by atoms with Crippen LogP contribution in [-0.4, -0.2) is 28.9 Å². The van der Waals surface area contributed by atoms with Crippen LogP contribution in [0.4, 0.5) is 5.13 Å². The molecule has 8 heteroatoms. The van der Waals surface area contributed by atoms with Crippen LogP contribution in [0.15, 0.2) is 90.5 Å². The van der Waals surface area contributed by atoms with E-state index in [-0.39, 0.29) is 11.3 Å². The molecule has 216 valence electrons. The lowest BCUT2D eigenvalue weighted by Gasteiger charge is -2.24. The molecular formula is C35H30N2O5S. The molecule has 4 aromatic carbocycles.